The third-order valence-electron chi connectivity index (χ3n) is 4.14. The molecule has 0 spiro atoms. The molecule has 0 amide bonds. The largest absolute Gasteiger partial charge is 0.481 e. The van der Waals surface area contributed by atoms with Crippen LogP contribution in [0.1, 0.15) is 5.56 Å². The molecule has 28 heavy (non-hydrogen) atoms. The van der Waals surface area contributed by atoms with Gasteiger partial charge in [-0.2, -0.15) is 4.72 Å². The van der Waals surface area contributed by atoms with Crippen molar-refractivity contribution in [2.45, 2.75) is 11.3 Å². The van der Waals surface area contributed by atoms with Crippen LogP contribution in [0, 0.1) is 11.8 Å². The second-order valence-corrected chi connectivity index (χ2v) is 7.84. The Balaban J connectivity index is 1.56. The molecule has 3 aromatic carbocycles. The number of allylic oxidation sites excluding steroid dienone is 1. The minimum Gasteiger partial charge on any atom is -0.481 e. The third-order valence-corrected chi connectivity index (χ3v) is 5.54. The fourth-order valence-corrected chi connectivity index (χ4v) is 3.70. The molecule has 142 valence electrons. The van der Waals surface area contributed by atoms with E-state index in [1.165, 1.54) is 0 Å². The van der Waals surface area contributed by atoms with Crippen molar-refractivity contribution >= 4 is 20.8 Å². The van der Waals surface area contributed by atoms with Gasteiger partial charge in [0.25, 0.3) is 0 Å². The molecule has 0 aliphatic heterocycles. The van der Waals surface area contributed by atoms with Gasteiger partial charge in [0.15, 0.2) is 0 Å². The van der Waals surface area contributed by atoms with Crippen molar-refractivity contribution in [3.05, 3.63) is 84.9 Å². The van der Waals surface area contributed by atoms with Crippen LogP contribution < -0.4 is 9.46 Å². The van der Waals surface area contributed by atoms with Gasteiger partial charge in [-0.25, -0.2) is 8.42 Å². The Morgan fingerprint density at radius 1 is 0.964 bits per heavy atom. The molecule has 0 atom stereocenters. The van der Waals surface area contributed by atoms with E-state index >= 15 is 0 Å². The first kappa shape index (κ1) is 19.7. The fraction of sp³-hybridized carbons (Fsp3) is 0.130. The minimum absolute atomic E-state index is 0.0207. The molecule has 0 heterocycles. The number of ether oxygens (including phenoxy) is 1. The molecule has 0 aliphatic rings. The van der Waals surface area contributed by atoms with E-state index in [1.54, 1.807) is 18.2 Å². The number of sulfonamides is 1. The van der Waals surface area contributed by atoms with Crippen LogP contribution in [0.15, 0.2) is 84.3 Å². The quantitative estimate of drug-likeness (QED) is 0.490. The summed E-state index contributed by atoms with van der Waals surface area (Å²) in [5.74, 6) is 6.37. The average molecular weight is 391 g/mol. The SMILES string of the molecule is C=CCc1ccccc1OCC#CCNS(=O)(=O)c1ccc2ccccc2c1. The predicted molar refractivity (Wildman–Crippen MR) is 113 cm³/mol. The molecule has 3 aromatic rings. The van der Waals surface area contributed by atoms with Crippen molar-refractivity contribution in [2.75, 3.05) is 13.2 Å². The Morgan fingerprint density at radius 2 is 1.71 bits per heavy atom. The van der Waals surface area contributed by atoms with Gasteiger partial charge >= 0.3 is 0 Å². The summed E-state index contributed by atoms with van der Waals surface area (Å²) in [6.45, 7) is 3.94. The molecule has 0 unspecified atom stereocenters. The number of rotatable bonds is 7. The maximum Gasteiger partial charge on any atom is 0.241 e. The van der Waals surface area contributed by atoms with Crippen LogP contribution in [0.25, 0.3) is 10.8 Å². The van der Waals surface area contributed by atoms with Crippen LogP contribution in [-0.4, -0.2) is 21.6 Å². The van der Waals surface area contributed by atoms with E-state index in [2.05, 4.69) is 23.1 Å². The van der Waals surface area contributed by atoms with Crippen LogP contribution in [0.2, 0.25) is 0 Å². The molecule has 5 heteroatoms. The highest BCUT2D eigenvalue weighted by Crippen LogP contribution is 2.19. The number of nitrogens with one attached hydrogen (secondary N) is 1. The molecule has 0 aliphatic carbocycles. The van der Waals surface area contributed by atoms with Crippen molar-refractivity contribution in [1.82, 2.24) is 4.72 Å². The molecule has 0 saturated heterocycles. The Hall–Kier alpha value is -3.07. The summed E-state index contributed by atoms with van der Waals surface area (Å²) in [6, 6.07) is 20.4. The predicted octanol–water partition coefficient (Wildman–Crippen LogP) is 3.93. The van der Waals surface area contributed by atoms with Crippen molar-refractivity contribution in [3.8, 4) is 17.6 Å². The molecule has 0 fully saturated rings. The van der Waals surface area contributed by atoms with Gasteiger partial charge in [0.1, 0.15) is 12.4 Å². The van der Waals surface area contributed by atoms with E-state index in [9.17, 15) is 8.42 Å². The van der Waals surface area contributed by atoms with Crippen LogP contribution in [0.5, 0.6) is 5.75 Å². The smallest absolute Gasteiger partial charge is 0.241 e. The topological polar surface area (TPSA) is 55.4 Å². The summed E-state index contributed by atoms with van der Waals surface area (Å²) in [4.78, 5) is 0.225. The minimum atomic E-state index is -3.61. The van der Waals surface area contributed by atoms with E-state index in [-0.39, 0.29) is 18.0 Å². The number of hydrogen-bond acceptors (Lipinski definition) is 3. The summed E-state index contributed by atoms with van der Waals surface area (Å²) in [5, 5.41) is 1.87. The first-order valence-corrected chi connectivity index (χ1v) is 10.3. The van der Waals surface area contributed by atoms with E-state index in [1.807, 2.05) is 54.6 Å². The second-order valence-electron chi connectivity index (χ2n) is 6.08. The monoisotopic (exact) mass is 391 g/mol. The Bertz CT molecular complexity index is 1140. The fourth-order valence-electron chi connectivity index (χ4n) is 2.75. The molecule has 0 saturated carbocycles. The van der Waals surface area contributed by atoms with Crippen molar-refractivity contribution < 1.29 is 13.2 Å². The Labute approximate surface area is 165 Å². The van der Waals surface area contributed by atoms with Gasteiger partial charge in [-0.15, -0.1) is 6.58 Å². The van der Waals surface area contributed by atoms with Crippen LogP contribution in [-0.2, 0) is 16.4 Å². The summed E-state index contributed by atoms with van der Waals surface area (Å²) < 4.78 is 33.0. The summed E-state index contributed by atoms with van der Waals surface area (Å²) >= 11 is 0. The molecule has 4 nitrogen and oxygen atoms in total. The first-order valence-electron chi connectivity index (χ1n) is 8.86. The molecule has 0 aromatic heterocycles. The lowest BCUT2D eigenvalue weighted by Crippen LogP contribution is -2.24. The van der Waals surface area contributed by atoms with Gasteiger partial charge in [-0.05, 0) is 41.0 Å². The zero-order valence-electron chi connectivity index (χ0n) is 15.4. The standard InChI is InChI=1S/C23H21NO3S/c1-2-9-20-11-5-6-13-23(20)27-17-8-7-16-24-28(25,26)22-15-14-19-10-3-4-12-21(19)18-22/h2-6,10-15,18,24H,1,9,16-17H2. The number of hydrogen-bond donors (Lipinski definition) is 1. The molecule has 1 N–H and O–H groups in total. The summed E-state index contributed by atoms with van der Waals surface area (Å²) in [5.41, 5.74) is 1.04. The van der Waals surface area contributed by atoms with E-state index in [0.717, 1.165) is 28.5 Å². The van der Waals surface area contributed by atoms with E-state index in [0.29, 0.717) is 0 Å². The molecular weight excluding hydrogens is 370 g/mol. The zero-order valence-corrected chi connectivity index (χ0v) is 16.2. The van der Waals surface area contributed by atoms with Crippen molar-refractivity contribution in [1.29, 1.82) is 0 Å². The lowest BCUT2D eigenvalue weighted by Gasteiger charge is -2.07. The molecule has 3 rings (SSSR count). The number of benzene rings is 3. The number of para-hydroxylation sites is 1. The zero-order chi connectivity index (χ0) is 19.8. The summed E-state index contributed by atoms with van der Waals surface area (Å²) in [7, 11) is -3.61. The van der Waals surface area contributed by atoms with Gasteiger partial charge in [0.05, 0.1) is 11.4 Å². The first-order chi connectivity index (χ1) is 13.6. The van der Waals surface area contributed by atoms with Gasteiger partial charge in [-0.3, -0.25) is 0 Å². The Kier molecular flexibility index (Phi) is 6.49. The highest BCUT2D eigenvalue weighted by atomic mass is 32.2. The van der Waals surface area contributed by atoms with Gasteiger partial charge in [0.2, 0.25) is 10.0 Å². The highest BCUT2D eigenvalue weighted by molar-refractivity contribution is 7.89. The summed E-state index contributed by atoms with van der Waals surface area (Å²) in [6.07, 6.45) is 2.53. The van der Waals surface area contributed by atoms with Gasteiger partial charge < -0.3 is 4.74 Å². The second kappa shape index (κ2) is 9.23. The maximum atomic E-state index is 12.4. The van der Waals surface area contributed by atoms with Crippen LogP contribution in [0.4, 0.5) is 0 Å². The van der Waals surface area contributed by atoms with Crippen LogP contribution in [0.3, 0.4) is 0 Å². The van der Waals surface area contributed by atoms with Gasteiger partial charge in [-0.1, -0.05) is 66.4 Å². The number of fused-ring (bicyclic) bond motifs is 1. The van der Waals surface area contributed by atoms with Crippen LogP contribution >= 0.6 is 0 Å². The maximum absolute atomic E-state index is 12.4. The normalized spacial score (nSPS) is 10.9. The van der Waals surface area contributed by atoms with Crippen molar-refractivity contribution in [2.24, 2.45) is 0 Å². The molecule has 0 radical (unpaired) electrons. The average Bonchev–Trinajstić information content (AvgIpc) is 2.71. The molecular formula is C23H21NO3S. The van der Waals surface area contributed by atoms with Gasteiger partial charge in [0, 0.05) is 0 Å². The van der Waals surface area contributed by atoms with E-state index in [4.69, 9.17) is 4.74 Å². The third kappa shape index (κ3) is 5.01. The lowest BCUT2D eigenvalue weighted by molar-refractivity contribution is 0.366. The van der Waals surface area contributed by atoms with E-state index < -0.39 is 10.0 Å². The lowest BCUT2D eigenvalue weighted by atomic mass is 10.1. The van der Waals surface area contributed by atoms with Crippen molar-refractivity contribution in [3.63, 3.8) is 0 Å². The molecule has 0 bridgehead atoms. The highest BCUT2D eigenvalue weighted by Gasteiger charge is 2.13. The Morgan fingerprint density at radius 3 is 2.54 bits per heavy atom.